The first-order chi connectivity index (χ1) is 21.5. The minimum absolute atomic E-state index is 0.161. The second kappa shape index (κ2) is 10.7. The summed E-state index contributed by atoms with van der Waals surface area (Å²) in [5.74, 6) is 1.10. The molecule has 44 heavy (non-hydrogen) atoms. The van der Waals surface area contributed by atoms with Gasteiger partial charge in [0.2, 0.25) is 0 Å². The fraction of sp³-hybridized carbons (Fsp3) is 0.105. The van der Waals surface area contributed by atoms with Crippen molar-refractivity contribution in [3.8, 4) is 0 Å². The molecule has 1 atom stereocenters. The number of nitrogens with zero attached hydrogens (tertiary/aromatic N) is 1. The summed E-state index contributed by atoms with van der Waals surface area (Å²) in [6.45, 7) is -1.92. The van der Waals surface area contributed by atoms with Gasteiger partial charge in [-0.05, 0) is 0 Å². The van der Waals surface area contributed by atoms with Crippen LogP contribution in [0, 0.1) is 0 Å². The number of esters is 1. The maximum absolute atomic E-state index is 15.2. The van der Waals surface area contributed by atoms with E-state index in [1.165, 1.54) is 0 Å². The number of rotatable bonds is 7. The summed E-state index contributed by atoms with van der Waals surface area (Å²) in [5.41, 5.74) is 0.788. The predicted octanol–water partition coefficient (Wildman–Crippen LogP) is 6.35. The van der Waals surface area contributed by atoms with E-state index in [0.717, 1.165) is 21.5 Å². The molecule has 2 aliphatic rings. The molecule has 0 saturated heterocycles. The molecule has 218 valence electrons. The van der Waals surface area contributed by atoms with Gasteiger partial charge in [-0.15, -0.1) is 0 Å². The first-order valence-electron chi connectivity index (χ1n) is 14.8. The van der Waals surface area contributed by atoms with Crippen LogP contribution >= 0.6 is 6.83 Å². The molecule has 1 amide bonds. The van der Waals surface area contributed by atoms with Crippen LogP contribution in [0.1, 0.15) is 18.1 Å². The Balaban J connectivity index is 1.60. The van der Waals surface area contributed by atoms with Gasteiger partial charge < -0.3 is 0 Å². The van der Waals surface area contributed by atoms with Crippen LogP contribution in [0.15, 0.2) is 157 Å². The SMILES string of the molecule is CCOC(=O)C1=CP(c2ccccc2)(c2ccccc2)(c2ccccc2)OC12C(=O)N(Cc1ccccc1)c1ccccc12. The Hall–Kier alpha value is -4.83. The molecular formula is C38H32NO4P. The zero-order valence-electron chi connectivity index (χ0n) is 24.4. The van der Waals surface area contributed by atoms with Crippen molar-refractivity contribution in [3.05, 3.63) is 168 Å². The Morgan fingerprint density at radius 3 is 1.70 bits per heavy atom. The summed E-state index contributed by atoms with van der Waals surface area (Å²) in [5, 5.41) is 2.67. The van der Waals surface area contributed by atoms with Crippen molar-refractivity contribution in [2.75, 3.05) is 11.5 Å². The molecule has 2 heterocycles. The third-order valence-electron chi connectivity index (χ3n) is 8.69. The number of hydrogen-bond acceptors (Lipinski definition) is 4. The molecule has 0 saturated carbocycles. The summed E-state index contributed by atoms with van der Waals surface area (Å²) in [6, 6.07) is 47.6. The van der Waals surface area contributed by atoms with E-state index in [1.807, 2.05) is 151 Å². The molecule has 0 aromatic heterocycles. The number of fused-ring (bicyclic) bond motifs is 2. The van der Waals surface area contributed by atoms with E-state index in [9.17, 15) is 4.79 Å². The summed E-state index contributed by atoms with van der Waals surface area (Å²) >= 11 is 0. The zero-order chi connectivity index (χ0) is 30.2. The topological polar surface area (TPSA) is 55.8 Å². The van der Waals surface area contributed by atoms with Crippen LogP contribution in [0.5, 0.6) is 0 Å². The quantitative estimate of drug-likeness (QED) is 0.162. The average molecular weight is 598 g/mol. The molecule has 0 aliphatic carbocycles. The summed E-state index contributed by atoms with van der Waals surface area (Å²) in [4.78, 5) is 31.2. The number of hydrogen-bond donors (Lipinski definition) is 0. The molecule has 2 aliphatic heterocycles. The van der Waals surface area contributed by atoms with Gasteiger partial charge in [0.25, 0.3) is 0 Å². The standard InChI is InChI=1S/C38H32NO4P/c1-2-42-36(40)34-28-44(30-19-9-4-10-20-30,31-21-11-5-12-22-31,32-23-13-6-14-24-32)43-38(34)33-25-15-16-26-35(33)39(37(38)41)27-29-17-7-3-8-18-29/h3-26,28H,2,27H2,1H3. The minimum atomic E-state index is -4.18. The molecule has 5 aromatic rings. The van der Waals surface area contributed by atoms with E-state index in [-0.39, 0.29) is 18.1 Å². The van der Waals surface area contributed by atoms with Crippen molar-refractivity contribution in [1.29, 1.82) is 0 Å². The number of carbonyl (C=O) groups excluding carboxylic acids is 2. The molecule has 1 unspecified atom stereocenters. The summed E-state index contributed by atoms with van der Waals surface area (Å²) in [7, 11) is 0. The van der Waals surface area contributed by atoms with E-state index in [2.05, 4.69) is 0 Å². The van der Waals surface area contributed by atoms with E-state index in [4.69, 9.17) is 9.26 Å². The number of ether oxygens (including phenoxy) is 1. The molecule has 6 heteroatoms. The van der Waals surface area contributed by atoms with Gasteiger partial charge >= 0.3 is 258 Å². The fourth-order valence-corrected chi connectivity index (χ4v) is 12.4. The van der Waals surface area contributed by atoms with Crippen LogP contribution in [-0.2, 0) is 31.0 Å². The van der Waals surface area contributed by atoms with Gasteiger partial charge in [0.1, 0.15) is 0 Å². The van der Waals surface area contributed by atoms with Crippen LogP contribution < -0.4 is 20.8 Å². The summed E-state index contributed by atoms with van der Waals surface area (Å²) < 4.78 is 13.5. The molecule has 0 fully saturated rings. The number of para-hydroxylation sites is 1. The molecule has 0 N–H and O–H groups in total. The van der Waals surface area contributed by atoms with Gasteiger partial charge in [-0.1, -0.05) is 0 Å². The first kappa shape index (κ1) is 28.0. The number of benzene rings is 5. The van der Waals surface area contributed by atoms with Crippen molar-refractivity contribution in [3.63, 3.8) is 0 Å². The van der Waals surface area contributed by atoms with E-state index < -0.39 is 18.4 Å². The van der Waals surface area contributed by atoms with E-state index in [1.54, 1.807) is 11.8 Å². The van der Waals surface area contributed by atoms with Crippen molar-refractivity contribution >= 4 is 40.3 Å². The Kier molecular flexibility index (Phi) is 6.81. The summed E-state index contributed by atoms with van der Waals surface area (Å²) in [6.07, 6.45) is 0. The fourth-order valence-electron chi connectivity index (χ4n) is 6.80. The third kappa shape index (κ3) is 3.86. The van der Waals surface area contributed by atoms with Crippen LogP contribution in [0.25, 0.3) is 0 Å². The van der Waals surface area contributed by atoms with Gasteiger partial charge in [0, 0.05) is 0 Å². The normalized spacial score (nSPS) is 20.4. The van der Waals surface area contributed by atoms with E-state index in [0.29, 0.717) is 17.8 Å². The van der Waals surface area contributed by atoms with Crippen molar-refractivity contribution < 1.29 is 18.8 Å². The molecule has 1 spiro atoms. The molecule has 5 aromatic carbocycles. The van der Waals surface area contributed by atoms with Gasteiger partial charge in [-0.2, -0.15) is 0 Å². The number of amides is 1. The van der Waals surface area contributed by atoms with Crippen molar-refractivity contribution in [1.82, 2.24) is 0 Å². The van der Waals surface area contributed by atoms with Crippen LogP contribution in [0.4, 0.5) is 5.69 Å². The maximum atomic E-state index is 15.2. The second-order valence-electron chi connectivity index (χ2n) is 11.0. The van der Waals surface area contributed by atoms with Crippen LogP contribution in [-0.4, -0.2) is 18.5 Å². The van der Waals surface area contributed by atoms with Crippen molar-refractivity contribution in [2.45, 2.75) is 19.1 Å². The predicted molar refractivity (Wildman–Crippen MR) is 177 cm³/mol. The first-order valence-corrected chi connectivity index (χ1v) is 17.0. The number of carbonyl (C=O) groups is 2. The molecule has 0 bridgehead atoms. The molecular weight excluding hydrogens is 565 g/mol. The van der Waals surface area contributed by atoms with Crippen LogP contribution in [0.2, 0.25) is 0 Å². The third-order valence-corrected chi connectivity index (χ3v) is 14.1. The van der Waals surface area contributed by atoms with Gasteiger partial charge in [-0.25, -0.2) is 0 Å². The molecule has 0 radical (unpaired) electrons. The second-order valence-corrected chi connectivity index (χ2v) is 15.2. The van der Waals surface area contributed by atoms with Crippen molar-refractivity contribution in [2.24, 2.45) is 0 Å². The molecule has 5 nitrogen and oxygen atoms in total. The zero-order valence-corrected chi connectivity index (χ0v) is 25.3. The monoisotopic (exact) mass is 597 g/mol. The number of anilines is 1. The van der Waals surface area contributed by atoms with E-state index >= 15 is 4.79 Å². The van der Waals surface area contributed by atoms with Gasteiger partial charge in [-0.3, -0.25) is 0 Å². The average Bonchev–Trinajstić information content (AvgIpc) is 3.55. The Morgan fingerprint density at radius 2 is 1.18 bits per heavy atom. The Bertz CT molecular complexity index is 1780. The van der Waals surface area contributed by atoms with Crippen LogP contribution in [0.3, 0.4) is 0 Å². The van der Waals surface area contributed by atoms with Gasteiger partial charge in [0.15, 0.2) is 0 Å². The van der Waals surface area contributed by atoms with Gasteiger partial charge in [0.05, 0.1) is 0 Å². The molecule has 7 rings (SSSR count). The Morgan fingerprint density at radius 1 is 0.705 bits per heavy atom. The Labute approximate surface area is 257 Å².